The van der Waals surface area contributed by atoms with E-state index in [0.717, 1.165) is 34.0 Å². The number of nitrogens with one attached hydrogen (secondary N) is 2. The number of hydrogen-bond donors (Lipinski definition) is 2. The molecule has 1 aromatic heterocycles. The molecule has 0 radical (unpaired) electrons. The fraction of sp³-hybridized carbons (Fsp3) is 0.0833. The van der Waals surface area contributed by atoms with Crippen LogP contribution in [0.15, 0.2) is 72.9 Å². The minimum atomic E-state index is -0.233. The largest absolute Gasteiger partial charge is 0.497 e. The first-order valence-electron chi connectivity index (χ1n) is 9.55. The Morgan fingerprint density at radius 1 is 0.968 bits per heavy atom. The Morgan fingerprint density at radius 2 is 1.61 bits per heavy atom. The van der Waals surface area contributed by atoms with E-state index >= 15 is 0 Å². The number of benzene rings is 3. The molecule has 4 rings (SSSR count). The Balaban J connectivity index is 1.41. The lowest BCUT2D eigenvalue weighted by Gasteiger charge is -2.07. The summed E-state index contributed by atoms with van der Waals surface area (Å²) >= 11 is 11.9. The summed E-state index contributed by atoms with van der Waals surface area (Å²) in [5.74, 6) is 1.35. The third-order valence-electron chi connectivity index (χ3n) is 4.78. The van der Waals surface area contributed by atoms with E-state index in [0.29, 0.717) is 22.2 Å². The molecular weight excluding hydrogens is 433 g/mol. The van der Waals surface area contributed by atoms with Crippen LogP contribution in [0, 0.1) is 0 Å². The molecule has 0 unspecified atom stereocenters. The monoisotopic (exact) mass is 451 g/mol. The minimum Gasteiger partial charge on any atom is -0.497 e. The van der Waals surface area contributed by atoms with E-state index in [1.165, 1.54) is 0 Å². The van der Waals surface area contributed by atoms with Crippen LogP contribution in [0.2, 0.25) is 10.0 Å². The maximum atomic E-state index is 12.3. The summed E-state index contributed by atoms with van der Waals surface area (Å²) in [7, 11) is 1.64. The van der Waals surface area contributed by atoms with Crippen LogP contribution in [0.4, 0.5) is 0 Å². The van der Waals surface area contributed by atoms with Crippen LogP contribution in [0.1, 0.15) is 15.9 Å². The van der Waals surface area contributed by atoms with E-state index in [1.54, 1.807) is 31.5 Å². The molecule has 3 aromatic carbocycles. The second kappa shape index (κ2) is 9.25. The molecule has 5 nitrogen and oxygen atoms in total. The fourth-order valence-corrected chi connectivity index (χ4v) is 3.66. The highest BCUT2D eigenvalue weighted by Gasteiger charge is 2.09. The minimum absolute atomic E-state index is 0.233. The highest BCUT2D eigenvalue weighted by Crippen LogP contribution is 2.24. The smallest absolute Gasteiger partial charge is 0.251 e. The van der Waals surface area contributed by atoms with Crippen LogP contribution in [-0.2, 0) is 6.54 Å². The first-order chi connectivity index (χ1) is 15.0. The van der Waals surface area contributed by atoms with Gasteiger partial charge in [0.1, 0.15) is 11.6 Å². The summed E-state index contributed by atoms with van der Waals surface area (Å²) in [6, 6.07) is 20.4. The molecule has 0 aliphatic carbocycles. The summed E-state index contributed by atoms with van der Waals surface area (Å²) in [6.07, 6.45) is 1.81. The number of H-pyrrole nitrogens is 1. The van der Waals surface area contributed by atoms with Gasteiger partial charge < -0.3 is 15.0 Å². The Hall–Kier alpha value is -3.28. The predicted molar refractivity (Wildman–Crippen MR) is 124 cm³/mol. The summed E-state index contributed by atoms with van der Waals surface area (Å²) in [5, 5.41) is 3.72. The molecule has 4 aromatic rings. The van der Waals surface area contributed by atoms with E-state index in [4.69, 9.17) is 27.9 Å². The first-order valence-corrected chi connectivity index (χ1v) is 10.3. The molecule has 0 bridgehead atoms. The van der Waals surface area contributed by atoms with Gasteiger partial charge in [0.15, 0.2) is 0 Å². The second-order valence-electron chi connectivity index (χ2n) is 6.91. The second-order valence-corrected chi connectivity index (χ2v) is 7.78. The molecule has 0 spiro atoms. The zero-order chi connectivity index (χ0) is 21.8. The number of carbonyl (C=O) groups is 1. The molecule has 31 heavy (non-hydrogen) atoms. The number of rotatable bonds is 6. The quantitative estimate of drug-likeness (QED) is 0.378. The van der Waals surface area contributed by atoms with Crippen molar-refractivity contribution in [2.75, 3.05) is 7.11 Å². The summed E-state index contributed by atoms with van der Waals surface area (Å²) < 4.78 is 5.20. The van der Waals surface area contributed by atoms with Crippen molar-refractivity contribution in [2.24, 2.45) is 0 Å². The van der Waals surface area contributed by atoms with Crippen molar-refractivity contribution in [2.45, 2.75) is 6.54 Å². The Bertz CT molecular complexity index is 1180. The van der Waals surface area contributed by atoms with Crippen molar-refractivity contribution in [3.63, 3.8) is 0 Å². The molecule has 1 amide bonds. The molecule has 0 saturated heterocycles. The number of hydrogen-bond acceptors (Lipinski definition) is 3. The number of halogens is 2. The van der Waals surface area contributed by atoms with Crippen molar-refractivity contribution < 1.29 is 9.53 Å². The maximum absolute atomic E-state index is 12.3. The SMILES string of the molecule is COc1ccc(-c2cnc(-c3ccc(CNC(=O)c4cc(Cl)cc(Cl)c4)cc3)[nH]2)cc1. The number of imidazole rings is 1. The topological polar surface area (TPSA) is 67.0 Å². The highest BCUT2D eigenvalue weighted by molar-refractivity contribution is 6.35. The van der Waals surface area contributed by atoms with Gasteiger partial charge in [0.05, 0.1) is 19.0 Å². The first kappa shape index (κ1) is 21.0. The van der Waals surface area contributed by atoms with Gasteiger partial charge in [-0.3, -0.25) is 4.79 Å². The van der Waals surface area contributed by atoms with Crippen molar-refractivity contribution in [1.82, 2.24) is 15.3 Å². The zero-order valence-corrected chi connectivity index (χ0v) is 18.2. The van der Waals surface area contributed by atoms with Gasteiger partial charge in [-0.15, -0.1) is 0 Å². The average molecular weight is 452 g/mol. The highest BCUT2D eigenvalue weighted by atomic mass is 35.5. The Labute approximate surface area is 190 Å². The predicted octanol–water partition coefficient (Wildman–Crippen LogP) is 5.99. The van der Waals surface area contributed by atoms with Crippen molar-refractivity contribution in [1.29, 1.82) is 0 Å². The molecule has 0 aliphatic heterocycles. The lowest BCUT2D eigenvalue weighted by molar-refractivity contribution is 0.0951. The number of aromatic nitrogens is 2. The summed E-state index contributed by atoms with van der Waals surface area (Å²) in [5.41, 5.74) is 4.30. The van der Waals surface area contributed by atoms with Crippen LogP contribution < -0.4 is 10.1 Å². The van der Waals surface area contributed by atoms with Gasteiger partial charge >= 0.3 is 0 Å². The normalized spacial score (nSPS) is 10.7. The van der Waals surface area contributed by atoms with Crippen LogP contribution >= 0.6 is 23.2 Å². The number of aromatic amines is 1. The molecule has 1 heterocycles. The number of carbonyl (C=O) groups excluding carboxylic acids is 1. The van der Waals surface area contributed by atoms with E-state index < -0.39 is 0 Å². The van der Waals surface area contributed by atoms with Gasteiger partial charge in [0, 0.05) is 27.7 Å². The summed E-state index contributed by atoms with van der Waals surface area (Å²) in [6.45, 7) is 0.387. The number of methoxy groups -OCH3 is 1. The maximum Gasteiger partial charge on any atom is 0.251 e. The molecule has 0 aliphatic rings. The van der Waals surface area contributed by atoms with Crippen LogP contribution in [0.5, 0.6) is 5.75 Å². The molecular formula is C24H19Cl2N3O2. The van der Waals surface area contributed by atoms with Crippen LogP contribution in [0.3, 0.4) is 0 Å². The molecule has 0 atom stereocenters. The number of ether oxygens (including phenoxy) is 1. The van der Waals surface area contributed by atoms with Crippen molar-refractivity contribution in [3.05, 3.63) is 94.1 Å². The average Bonchev–Trinajstić information content (AvgIpc) is 3.27. The van der Waals surface area contributed by atoms with Crippen LogP contribution in [-0.4, -0.2) is 23.0 Å². The lowest BCUT2D eigenvalue weighted by Crippen LogP contribution is -2.22. The third kappa shape index (κ3) is 5.08. The van der Waals surface area contributed by atoms with E-state index in [-0.39, 0.29) is 5.91 Å². The van der Waals surface area contributed by atoms with Gasteiger partial charge in [0.25, 0.3) is 5.91 Å². The molecule has 7 heteroatoms. The van der Waals surface area contributed by atoms with Gasteiger partial charge in [-0.25, -0.2) is 4.98 Å². The van der Waals surface area contributed by atoms with Gasteiger partial charge in [0.2, 0.25) is 0 Å². The van der Waals surface area contributed by atoms with E-state index in [9.17, 15) is 4.79 Å². The molecule has 0 saturated carbocycles. The van der Waals surface area contributed by atoms with Gasteiger partial charge in [-0.2, -0.15) is 0 Å². The van der Waals surface area contributed by atoms with E-state index in [2.05, 4.69) is 15.3 Å². The third-order valence-corrected chi connectivity index (χ3v) is 5.22. The Morgan fingerprint density at radius 3 is 2.26 bits per heavy atom. The summed E-state index contributed by atoms with van der Waals surface area (Å²) in [4.78, 5) is 20.2. The molecule has 156 valence electrons. The van der Waals surface area contributed by atoms with E-state index in [1.807, 2.05) is 48.5 Å². The zero-order valence-electron chi connectivity index (χ0n) is 16.7. The van der Waals surface area contributed by atoms with Crippen molar-refractivity contribution in [3.8, 4) is 28.4 Å². The molecule has 2 N–H and O–H groups in total. The standard InChI is InChI=1S/C24H19Cl2N3O2/c1-31-21-8-6-16(7-9-21)22-14-27-23(29-22)17-4-2-15(3-5-17)13-28-24(30)18-10-19(25)12-20(26)11-18/h2-12,14H,13H2,1H3,(H,27,29)(H,28,30). The fourth-order valence-electron chi connectivity index (χ4n) is 3.13. The molecule has 0 fully saturated rings. The van der Waals surface area contributed by atoms with Gasteiger partial charge in [-0.1, -0.05) is 47.5 Å². The Kier molecular flexibility index (Phi) is 6.26. The van der Waals surface area contributed by atoms with Gasteiger partial charge in [-0.05, 0) is 53.6 Å². The van der Waals surface area contributed by atoms with Crippen molar-refractivity contribution >= 4 is 29.1 Å². The van der Waals surface area contributed by atoms with Crippen LogP contribution in [0.25, 0.3) is 22.6 Å². The lowest BCUT2D eigenvalue weighted by atomic mass is 10.1. The number of nitrogens with zero attached hydrogens (tertiary/aromatic N) is 1. The number of amides is 1.